The quantitative estimate of drug-likeness (QED) is 0.696. The van der Waals surface area contributed by atoms with Gasteiger partial charge in [0.2, 0.25) is 5.16 Å². The van der Waals surface area contributed by atoms with Crippen LogP contribution in [0.4, 0.5) is 5.69 Å². The summed E-state index contributed by atoms with van der Waals surface area (Å²) in [4.78, 5) is 0. The largest absolute Gasteiger partial charge is 0.733 e. The monoisotopic (exact) mass is 352 g/mol. The number of hydrogen-bond acceptors (Lipinski definition) is 7. The summed E-state index contributed by atoms with van der Waals surface area (Å²) in [5, 5.41) is 29.1. The predicted octanol–water partition coefficient (Wildman–Crippen LogP) is 3.33. The molecule has 3 aromatic rings. The van der Waals surface area contributed by atoms with Gasteiger partial charge in [0.05, 0.1) is 5.69 Å². The fourth-order valence-corrected chi connectivity index (χ4v) is 3.40. The molecule has 1 aliphatic rings. The molecule has 0 saturated heterocycles. The van der Waals surface area contributed by atoms with Gasteiger partial charge >= 0.3 is 0 Å². The van der Waals surface area contributed by atoms with Crippen LogP contribution in [0.15, 0.2) is 65.8 Å². The molecule has 1 aliphatic heterocycles. The summed E-state index contributed by atoms with van der Waals surface area (Å²) in [6.45, 7) is 0. The Bertz CT molecular complexity index is 910. The lowest BCUT2D eigenvalue weighted by Crippen LogP contribution is -2.17. The first-order valence-corrected chi connectivity index (χ1v) is 8.47. The molecule has 25 heavy (non-hydrogen) atoms. The minimum absolute atomic E-state index is 0.0292. The molecule has 0 spiro atoms. The van der Waals surface area contributed by atoms with Gasteiger partial charge in [-0.15, -0.1) is 10.2 Å². The molecule has 7 nitrogen and oxygen atoms in total. The molecule has 0 fully saturated rings. The van der Waals surface area contributed by atoms with E-state index in [9.17, 15) is 5.21 Å². The lowest BCUT2D eigenvalue weighted by Gasteiger charge is -2.21. The van der Waals surface area contributed by atoms with E-state index in [4.69, 9.17) is 5.21 Å². The normalized spacial score (nSPS) is 16.0. The van der Waals surface area contributed by atoms with Gasteiger partial charge in [-0.25, -0.2) is 4.68 Å². The fourth-order valence-electron chi connectivity index (χ4n) is 2.53. The minimum atomic E-state index is -0.168. The molecule has 8 heteroatoms. The molecule has 4 rings (SSSR count). The third kappa shape index (κ3) is 3.22. The third-order valence-corrected chi connectivity index (χ3v) is 4.70. The van der Waals surface area contributed by atoms with Crippen molar-refractivity contribution in [1.82, 2.24) is 14.9 Å². The van der Waals surface area contributed by atoms with E-state index in [-0.39, 0.29) is 16.3 Å². The van der Waals surface area contributed by atoms with Crippen LogP contribution in [-0.4, -0.2) is 25.5 Å². The van der Waals surface area contributed by atoms with Gasteiger partial charge in [-0.1, -0.05) is 60.3 Å². The van der Waals surface area contributed by atoms with Gasteiger partial charge in [0.15, 0.2) is 5.82 Å². The lowest BCUT2D eigenvalue weighted by molar-refractivity contribution is 0.296. The molecular weight excluding hydrogens is 338 g/mol. The maximum Gasteiger partial charge on any atom is 0.212 e. The van der Waals surface area contributed by atoms with Crippen molar-refractivity contribution >= 4 is 23.5 Å². The molecule has 0 amide bonds. The Morgan fingerprint density at radius 2 is 2.00 bits per heavy atom. The van der Waals surface area contributed by atoms with Crippen LogP contribution in [0.3, 0.4) is 0 Å². The Kier molecular flexibility index (Phi) is 4.14. The van der Waals surface area contributed by atoms with Crippen LogP contribution in [0.2, 0.25) is 0 Å². The van der Waals surface area contributed by atoms with Crippen LogP contribution in [0.5, 0.6) is 0 Å². The van der Waals surface area contributed by atoms with Gasteiger partial charge in [-0.3, -0.25) is 5.21 Å². The van der Waals surface area contributed by atoms with Gasteiger partial charge in [0.25, 0.3) is 0 Å². The van der Waals surface area contributed by atoms with Crippen LogP contribution < -0.4 is 10.7 Å². The standard InChI is InChI=1S/C17H14N5O2S/c23-22(24)14-8-4-7-13(11-14)16-18-19-17-21(16)20-15(25-17)10-9-12-5-2-1-3-6-12/h1-11,15,20,23H/q-1/t15-/m1/s1. The van der Waals surface area contributed by atoms with Crippen LogP contribution >= 0.6 is 11.8 Å². The van der Waals surface area contributed by atoms with Crippen molar-refractivity contribution in [2.24, 2.45) is 0 Å². The summed E-state index contributed by atoms with van der Waals surface area (Å²) in [5.41, 5.74) is 5.26. The minimum Gasteiger partial charge on any atom is -0.733 e. The van der Waals surface area contributed by atoms with Crippen molar-refractivity contribution in [3.05, 3.63) is 71.4 Å². The number of nitrogens with one attached hydrogen (secondary N) is 1. The van der Waals surface area contributed by atoms with Gasteiger partial charge in [-0.2, -0.15) is 0 Å². The molecule has 2 heterocycles. The van der Waals surface area contributed by atoms with Crippen molar-refractivity contribution in [2.45, 2.75) is 10.5 Å². The van der Waals surface area contributed by atoms with E-state index in [1.54, 1.807) is 28.6 Å². The molecule has 0 aliphatic carbocycles. The lowest BCUT2D eigenvalue weighted by atomic mass is 10.2. The predicted molar refractivity (Wildman–Crippen MR) is 97.6 cm³/mol. The van der Waals surface area contributed by atoms with E-state index >= 15 is 0 Å². The number of fused-ring (bicyclic) bond motifs is 1. The Morgan fingerprint density at radius 3 is 2.80 bits per heavy atom. The van der Waals surface area contributed by atoms with E-state index < -0.39 is 0 Å². The zero-order valence-electron chi connectivity index (χ0n) is 13.0. The van der Waals surface area contributed by atoms with Crippen molar-refractivity contribution in [3.63, 3.8) is 0 Å². The summed E-state index contributed by atoms with van der Waals surface area (Å²) in [5.74, 6) is 0.585. The van der Waals surface area contributed by atoms with Crippen LogP contribution in [-0.2, 0) is 0 Å². The molecule has 126 valence electrons. The van der Waals surface area contributed by atoms with Gasteiger partial charge in [-0.05, 0) is 23.8 Å². The van der Waals surface area contributed by atoms with Crippen molar-refractivity contribution in [1.29, 1.82) is 0 Å². The maximum atomic E-state index is 11.1. The molecule has 1 aromatic heterocycles. The number of aromatic nitrogens is 3. The summed E-state index contributed by atoms with van der Waals surface area (Å²) in [6.07, 6.45) is 4.11. The van der Waals surface area contributed by atoms with E-state index in [0.29, 0.717) is 11.4 Å². The first-order chi connectivity index (χ1) is 12.2. The second-order valence-electron chi connectivity index (χ2n) is 5.40. The second-order valence-corrected chi connectivity index (χ2v) is 6.51. The number of thioether (sulfide) groups is 1. The molecular formula is C17H14N5O2S-. The van der Waals surface area contributed by atoms with Crippen LogP contribution in [0, 0.1) is 5.21 Å². The first-order valence-electron chi connectivity index (χ1n) is 7.59. The Morgan fingerprint density at radius 1 is 1.16 bits per heavy atom. The Hall–Kier alpha value is -2.81. The summed E-state index contributed by atoms with van der Waals surface area (Å²) in [6, 6.07) is 16.6. The van der Waals surface area contributed by atoms with E-state index in [1.165, 1.54) is 6.07 Å². The topological polar surface area (TPSA) is 89.3 Å². The molecule has 2 aromatic carbocycles. The molecule has 2 N–H and O–H groups in total. The number of benzene rings is 2. The Balaban J connectivity index is 1.56. The highest BCUT2D eigenvalue weighted by atomic mass is 32.2. The highest BCUT2D eigenvalue weighted by Gasteiger charge is 2.25. The highest BCUT2D eigenvalue weighted by molar-refractivity contribution is 8.00. The second kappa shape index (κ2) is 6.60. The van der Waals surface area contributed by atoms with Crippen molar-refractivity contribution in [3.8, 4) is 11.4 Å². The zero-order chi connectivity index (χ0) is 17.2. The van der Waals surface area contributed by atoms with Gasteiger partial charge in [0.1, 0.15) is 5.37 Å². The average Bonchev–Trinajstić information content (AvgIpc) is 3.21. The molecule has 0 bridgehead atoms. The number of hydrogen-bond donors (Lipinski definition) is 2. The molecule has 1 atom stereocenters. The number of nitrogens with zero attached hydrogens (tertiary/aromatic N) is 4. The van der Waals surface area contributed by atoms with E-state index in [2.05, 4.69) is 21.7 Å². The summed E-state index contributed by atoms with van der Waals surface area (Å²) in [7, 11) is 0. The SMILES string of the molecule is [O-]N(O)c1cccc(-c2nnc3n2N[C@@H](C=Cc2ccccc2)S3)c1. The maximum absolute atomic E-state index is 11.1. The van der Waals surface area contributed by atoms with Crippen LogP contribution in [0.25, 0.3) is 17.5 Å². The zero-order valence-corrected chi connectivity index (χ0v) is 13.8. The van der Waals surface area contributed by atoms with Crippen molar-refractivity contribution in [2.75, 3.05) is 10.7 Å². The van der Waals surface area contributed by atoms with Gasteiger partial charge in [0, 0.05) is 5.56 Å². The van der Waals surface area contributed by atoms with Crippen LogP contribution in [0.1, 0.15) is 5.56 Å². The van der Waals surface area contributed by atoms with Crippen molar-refractivity contribution < 1.29 is 5.21 Å². The number of rotatable bonds is 4. The Labute approximate surface area is 148 Å². The first kappa shape index (κ1) is 15.7. The summed E-state index contributed by atoms with van der Waals surface area (Å²) >= 11 is 1.55. The molecule has 0 radical (unpaired) electrons. The highest BCUT2D eigenvalue weighted by Crippen LogP contribution is 2.32. The smallest absolute Gasteiger partial charge is 0.212 e. The number of anilines is 1. The third-order valence-electron chi connectivity index (χ3n) is 3.71. The van der Waals surface area contributed by atoms with Gasteiger partial charge < -0.3 is 15.9 Å². The average molecular weight is 352 g/mol. The molecule has 0 unspecified atom stereocenters. The van der Waals surface area contributed by atoms with E-state index in [0.717, 1.165) is 10.7 Å². The fraction of sp³-hybridized carbons (Fsp3) is 0.0588. The molecule has 0 saturated carbocycles. The van der Waals surface area contributed by atoms with E-state index in [1.807, 2.05) is 42.5 Å². The summed E-state index contributed by atoms with van der Waals surface area (Å²) < 4.78 is 1.79.